The lowest BCUT2D eigenvalue weighted by molar-refractivity contribution is -0.122. The van der Waals surface area contributed by atoms with E-state index in [4.69, 9.17) is 0 Å². The van der Waals surface area contributed by atoms with Crippen molar-refractivity contribution in [1.82, 2.24) is 10.6 Å². The predicted octanol–water partition coefficient (Wildman–Crippen LogP) is -0.906. The summed E-state index contributed by atoms with van der Waals surface area (Å²) in [6, 6.07) is 0.442. The molecule has 0 spiro atoms. The Morgan fingerprint density at radius 3 is 3.22 bits per heavy atom. The Kier molecular flexibility index (Phi) is 0.990. The fraction of sp³-hybridized carbons (Fsp3) is 0.833. The zero-order chi connectivity index (χ0) is 6.27. The zero-order valence-corrected chi connectivity index (χ0v) is 5.18. The monoisotopic (exact) mass is 126 g/mol. The number of amides is 1. The SMILES string of the molecule is O=C1NCC2NCCC12. The van der Waals surface area contributed by atoms with Crippen LogP contribution in [0.2, 0.25) is 0 Å². The number of nitrogens with one attached hydrogen (secondary N) is 2. The van der Waals surface area contributed by atoms with E-state index in [-0.39, 0.29) is 11.8 Å². The fourth-order valence-electron chi connectivity index (χ4n) is 1.64. The number of carbonyl (C=O) groups is 1. The van der Waals surface area contributed by atoms with Crippen LogP contribution in [0, 0.1) is 5.92 Å². The lowest BCUT2D eigenvalue weighted by Gasteiger charge is -2.01. The molecule has 1 amide bonds. The van der Waals surface area contributed by atoms with Gasteiger partial charge in [0.25, 0.3) is 0 Å². The number of fused-ring (bicyclic) bond motifs is 1. The van der Waals surface area contributed by atoms with E-state index in [9.17, 15) is 4.79 Å². The Balaban J connectivity index is 2.15. The summed E-state index contributed by atoms with van der Waals surface area (Å²) in [4.78, 5) is 10.9. The third-order valence-corrected chi connectivity index (χ3v) is 2.18. The van der Waals surface area contributed by atoms with Crippen molar-refractivity contribution >= 4 is 5.91 Å². The Morgan fingerprint density at radius 1 is 1.56 bits per heavy atom. The van der Waals surface area contributed by atoms with Crippen LogP contribution in [0.15, 0.2) is 0 Å². The molecule has 2 heterocycles. The molecule has 0 aromatic rings. The van der Waals surface area contributed by atoms with Gasteiger partial charge in [-0.1, -0.05) is 0 Å². The molecular weight excluding hydrogens is 116 g/mol. The van der Waals surface area contributed by atoms with Gasteiger partial charge >= 0.3 is 0 Å². The molecule has 2 unspecified atom stereocenters. The molecule has 0 aromatic heterocycles. The molecule has 3 nitrogen and oxygen atoms in total. The van der Waals surface area contributed by atoms with E-state index in [2.05, 4.69) is 10.6 Å². The van der Waals surface area contributed by atoms with Crippen molar-refractivity contribution in [2.45, 2.75) is 12.5 Å². The Morgan fingerprint density at radius 2 is 2.44 bits per heavy atom. The Hall–Kier alpha value is -0.570. The van der Waals surface area contributed by atoms with Gasteiger partial charge in [-0.15, -0.1) is 0 Å². The molecule has 50 valence electrons. The number of carbonyl (C=O) groups excluding carboxylic acids is 1. The average molecular weight is 126 g/mol. The minimum atomic E-state index is 0.241. The molecule has 0 radical (unpaired) electrons. The summed E-state index contributed by atoms with van der Waals surface area (Å²) in [6.45, 7) is 1.85. The summed E-state index contributed by atoms with van der Waals surface area (Å²) in [5, 5.41) is 6.09. The lowest BCUT2D eigenvalue weighted by Crippen LogP contribution is -2.27. The third kappa shape index (κ3) is 0.645. The van der Waals surface area contributed by atoms with Gasteiger partial charge in [0.1, 0.15) is 0 Å². The van der Waals surface area contributed by atoms with Gasteiger partial charge in [-0.3, -0.25) is 4.79 Å². The molecule has 9 heavy (non-hydrogen) atoms. The van der Waals surface area contributed by atoms with Crippen LogP contribution in [0.4, 0.5) is 0 Å². The van der Waals surface area contributed by atoms with Gasteiger partial charge in [-0.25, -0.2) is 0 Å². The quantitative estimate of drug-likeness (QED) is 0.441. The zero-order valence-electron chi connectivity index (χ0n) is 5.18. The van der Waals surface area contributed by atoms with Gasteiger partial charge < -0.3 is 10.6 Å². The van der Waals surface area contributed by atoms with E-state index in [0.29, 0.717) is 6.04 Å². The highest BCUT2D eigenvalue weighted by Crippen LogP contribution is 2.19. The fourth-order valence-corrected chi connectivity index (χ4v) is 1.64. The summed E-state index contributed by atoms with van der Waals surface area (Å²) in [5.74, 6) is 0.523. The molecule has 0 saturated carbocycles. The Labute approximate surface area is 53.8 Å². The molecule has 3 heteroatoms. The summed E-state index contributed by atoms with van der Waals surface area (Å²) in [6.07, 6.45) is 1.02. The maximum Gasteiger partial charge on any atom is 0.224 e. The van der Waals surface area contributed by atoms with E-state index in [1.807, 2.05) is 0 Å². The lowest BCUT2D eigenvalue weighted by atomic mass is 10.1. The molecule has 0 bridgehead atoms. The van der Waals surface area contributed by atoms with E-state index >= 15 is 0 Å². The second-order valence-corrected chi connectivity index (χ2v) is 2.70. The van der Waals surface area contributed by atoms with Crippen molar-refractivity contribution in [2.24, 2.45) is 5.92 Å². The summed E-state index contributed by atoms with van der Waals surface area (Å²) >= 11 is 0. The van der Waals surface area contributed by atoms with Crippen molar-refractivity contribution < 1.29 is 4.79 Å². The molecule has 0 aliphatic carbocycles. The minimum Gasteiger partial charge on any atom is -0.354 e. The second-order valence-electron chi connectivity index (χ2n) is 2.70. The maximum absolute atomic E-state index is 10.9. The van der Waals surface area contributed by atoms with Crippen LogP contribution in [-0.2, 0) is 4.79 Å². The number of hydrogen-bond donors (Lipinski definition) is 2. The molecule has 2 aliphatic heterocycles. The highest BCUT2D eigenvalue weighted by Gasteiger charge is 2.37. The first kappa shape index (κ1) is 5.23. The first-order valence-corrected chi connectivity index (χ1v) is 3.39. The van der Waals surface area contributed by atoms with Crippen molar-refractivity contribution in [2.75, 3.05) is 13.1 Å². The van der Waals surface area contributed by atoms with Gasteiger partial charge in [0, 0.05) is 12.6 Å². The van der Waals surface area contributed by atoms with Crippen LogP contribution in [0.1, 0.15) is 6.42 Å². The van der Waals surface area contributed by atoms with Crippen LogP contribution in [0.3, 0.4) is 0 Å². The van der Waals surface area contributed by atoms with Crippen molar-refractivity contribution in [3.63, 3.8) is 0 Å². The van der Waals surface area contributed by atoms with Crippen LogP contribution in [0.5, 0.6) is 0 Å². The van der Waals surface area contributed by atoms with E-state index in [1.54, 1.807) is 0 Å². The van der Waals surface area contributed by atoms with Crippen LogP contribution in [0.25, 0.3) is 0 Å². The first-order chi connectivity index (χ1) is 4.38. The highest BCUT2D eigenvalue weighted by atomic mass is 16.2. The standard InChI is InChI=1S/C6H10N2O/c9-6-4-1-2-7-5(4)3-8-6/h4-5,7H,1-3H2,(H,8,9). The van der Waals surface area contributed by atoms with E-state index < -0.39 is 0 Å². The van der Waals surface area contributed by atoms with Gasteiger partial charge in [-0.2, -0.15) is 0 Å². The van der Waals surface area contributed by atoms with Gasteiger partial charge in [0.05, 0.1) is 5.92 Å². The second kappa shape index (κ2) is 1.70. The summed E-state index contributed by atoms with van der Waals surface area (Å²) in [5.41, 5.74) is 0. The van der Waals surface area contributed by atoms with E-state index in [1.165, 1.54) is 0 Å². The van der Waals surface area contributed by atoms with Gasteiger partial charge in [-0.05, 0) is 13.0 Å². The molecule has 0 aromatic carbocycles. The largest absolute Gasteiger partial charge is 0.354 e. The normalized spacial score (nSPS) is 40.7. The predicted molar refractivity (Wildman–Crippen MR) is 32.9 cm³/mol. The van der Waals surface area contributed by atoms with Gasteiger partial charge in [0.15, 0.2) is 0 Å². The highest BCUT2D eigenvalue weighted by molar-refractivity contribution is 5.82. The first-order valence-electron chi connectivity index (χ1n) is 3.39. The summed E-state index contributed by atoms with van der Waals surface area (Å²) < 4.78 is 0. The summed E-state index contributed by atoms with van der Waals surface area (Å²) in [7, 11) is 0. The minimum absolute atomic E-state index is 0.241. The van der Waals surface area contributed by atoms with Crippen molar-refractivity contribution in [3.05, 3.63) is 0 Å². The molecule has 2 aliphatic rings. The topological polar surface area (TPSA) is 41.1 Å². The van der Waals surface area contributed by atoms with Crippen molar-refractivity contribution in [1.29, 1.82) is 0 Å². The molecule has 2 rings (SSSR count). The van der Waals surface area contributed by atoms with Crippen LogP contribution in [-0.4, -0.2) is 25.0 Å². The third-order valence-electron chi connectivity index (χ3n) is 2.18. The molecule has 2 fully saturated rings. The molecule has 2 N–H and O–H groups in total. The van der Waals surface area contributed by atoms with Crippen molar-refractivity contribution in [3.8, 4) is 0 Å². The molecule has 2 atom stereocenters. The van der Waals surface area contributed by atoms with E-state index in [0.717, 1.165) is 19.5 Å². The molecule has 2 saturated heterocycles. The number of hydrogen-bond acceptors (Lipinski definition) is 2. The maximum atomic E-state index is 10.9. The Bertz CT molecular complexity index is 146. The van der Waals surface area contributed by atoms with Gasteiger partial charge in [0.2, 0.25) is 5.91 Å². The van der Waals surface area contributed by atoms with Crippen LogP contribution >= 0.6 is 0 Å². The average Bonchev–Trinajstić information content (AvgIpc) is 2.35. The molecular formula is C6H10N2O. The smallest absolute Gasteiger partial charge is 0.224 e. The number of rotatable bonds is 0. The van der Waals surface area contributed by atoms with Crippen LogP contribution < -0.4 is 10.6 Å².